The Morgan fingerprint density at radius 1 is 1.11 bits per heavy atom. The van der Waals surface area contributed by atoms with Gasteiger partial charge < -0.3 is 25.7 Å². The summed E-state index contributed by atoms with van der Waals surface area (Å²) in [6.45, 7) is 10.1. The fourth-order valence-corrected chi connectivity index (χ4v) is 4.44. The highest BCUT2D eigenvalue weighted by Gasteiger charge is 2.35. The number of nitrogens with zero attached hydrogens (tertiary/aromatic N) is 4. The number of ether oxygens (including phenoxy) is 1. The molecule has 5 rings (SSSR count). The first-order valence-electron chi connectivity index (χ1n) is 11.8. The number of nitrogens with one attached hydrogen (secondary N) is 2. The van der Waals surface area contributed by atoms with Gasteiger partial charge in [0.2, 0.25) is 0 Å². The van der Waals surface area contributed by atoms with Gasteiger partial charge in [-0.05, 0) is 56.2 Å². The summed E-state index contributed by atoms with van der Waals surface area (Å²) in [4.78, 5) is 38.0. The van der Waals surface area contributed by atoms with Crippen LogP contribution in [-0.4, -0.2) is 43.2 Å². The van der Waals surface area contributed by atoms with E-state index in [1.54, 1.807) is 36.5 Å². The van der Waals surface area contributed by atoms with Gasteiger partial charge in [-0.15, -0.1) is 0 Å². The van der Waals surface area contributed by atoms with Crippen LogP contribution in [0.3, 0.4) is 0 Å². The van der Waals surface area contributed by atoms with E-state index in [0.29, 0.717) is 40.4 Å². The molecule has 0 fully saturated rings. The monoisotopic (exact) mass is 497 g/mol. The number of anilines is 2. The number of amides is 2. The molecule has 10 heteroatoms. The molecule has 0 radical (unpaired) electrons. The normalized spacial score (nSPS) is 14.9. The van der Waals surface area contributed by atoms with E-state index >= 15 is 0 Å². The van der Waals surface area contributed by atoms with Crippen LogP contribution >= 0.6 is 0 Å². The Labute approximate surface area is 213 Å². The molecule has 1 aromatic carbocycles. The molecule has 0 aliphatic carbocycles. The van der Waals surface area contributed by atoms with Gasteiger partial charge in [-0.1, -0.05) is 24.8 Å². The minimum Gasteiger partial charge on any atom is -0.444 e. The number of fused-ring (bicyclic) bond motifs is 3. The fourth-order valence-electron chi connectivity index (χ4n) is 4.44. The second-order valence-electron chi connectivity index (χ2n) is 9.76. The van der Waals surface area contributed by atoms with Crippen LogP contribution in [0.15, 0.2) is 61.6 Å². The van der Waals surface area contributed by atoms with Gasteiger partial charge in [0.1, 0.15) is 29.2 Å². The molecule has 10 nitrogen and oxygen atoms in total. The molecule has 0 spiro atoms. The predicted molar refractivity (Wildman–Crippen MR) is 142 cm³/mol. The number of aromatic nitrogens is 4. The quantitative estimate of drug-likeness (QED) is 0.383. The average Bonchev–Trinajstić information content (AvgIpc) is 3.34. The SMILES string of the molecule is C=C1c2c(-c3ccc(C(=O)Nc4ccccn4)cc3)c3c(N)ncnc3n2C[C@H]1NC(=O)OC(C)(C)C. The Balaban J connectivity index is 1.49. The summed E-state index contributed by atoms with van der Waals surface area (Å²) < 4.78 is 7.42. The summed E-state index contributed by atoms with van der Waals surface area (Å²) >= 11 is 0. The van der Waals surface area contributed by atoms with Crippen LogP contribution in [0.5, 0.6) is 0 Å². The Hall–Kier alpha value is -4.73. The molecule has 0 bridgehead atoms. The van der Waals surface area contributed by atoms with E-state index in [-0.39, 0.29) is 11.9 Å². The largest absolute Gasteiger partial charge is 0.444 e. The van der Waals surface area contributed by atoms with Crippen molar-refractivity contribution in [1.82, 2.24) is 24.8 Å². The summed E-state index contributed by atoms with van der Waals surface area (Å²) in [5, 5.41) is 6.38. The first-order chi connectivity index (χ1) is 17.6. The maximum atomic E-state index is 12.7. The summed E-state index contributed by atoms with van der Waals surface area (Å²) in [7, 11) is 0. The van der Waals surface area contributed by atoms with Crippen molar-refractivity contribution in [3.05, 3.63) is 72.8 Å². The van der Waals surface area contributed by atoms with Gasteiger partial charge in [0, 0.05) is 23.9 Å². The van der Waals surface area contributed by atoms with Crippen molar-refractivity contribution in [2.24, 2.45) is 0 Å². The minimum absolute atomic E-state index is 0.272. The van der Waals surface area contributed by atoms with Crippen molar-refractivity contribution < 1.29 is 14.3 Å². The highest BCUT2D eigenvalue weighted by molar-refractivity contribution is 6.08. The van der Waals surface area contributed by atoms with Gasteiger partial charge in [-0.3, -0.25) is 4.79 Å². The third kappa shape index (κ3) is 4.61. The van der Waals surface area contributed by atoms with E-state index in [0.717, 1.165) is 16.8 Å². The Morgan fingerprint density at radius 3 is 2.54 bits per heavy atom. The van der Waals surface area contributed by atoms with Gasteiger partial charge in [-0.2, -0.15) is 0 Å². The smallest absolute Gasteiger partial charge is 0.408 e. The molecule has 188 valence electrons. The fraction of sp³-hybridized carbons (Fsp3) is 0.222. The van der Waals surface area contributed by atoms with Crippen LogP contribution in [0.25, 0.3) is 27.7 Å². The number of nitrogen functional groups attached to an aromatic ring is 1. The number of carbonyl (C=O) groups excluding carboxylic acids is 2. The van der Waals surface area contributed by atoms with E-state index < -0.39 is 11.7 Å². The predicted octanol–water partition coefficient (Wildman–Crippen LogP) is 4.25. The van der Waals surface area contributed by atoms with Crippen LogP contribution in [0, 0.1) is 0 Å². The number of hydrogen-bond acceptors (Lipinski definition) is 7. The van der Waals surface area contributed by atoms with E-state index in [9.17, 15) is 9.59 Å². The lowest BCUT2D eigenvalue weighted by atomic mass is 9.97. The molecular weight excluding hydrogens is 470 g/mol. The van der Waals surface area contributed by atoms with Crippen LogP contribution in [0.1, 0.15) is 36.8 Å². The lowest BCUT2D eigenvalue weighted by Gasteiger charge is -2.22. The lowest BCUT2D eigenvalue weighted by molar-refractivity contribution is 0.0515. The number of pyridine rings is 1. The zero-order chi connectivity index (χ0) is 26.3. The maximum absolute atomic E-state index is 12.7. The Morgan fingerprint density at radius 2 is 1.86 bits per heavy atom. The molecule has 0 saturated heterocycles. The molecular formula is C27H27N7O3. The number of rotatable bonds is 4. The minimum atomic E-state index is -0.622. The molecule has 3 aromatic heterocycles. The molecule has 1 aliphatic heterocycles. The molecule has 2 amide bonds. The van der Waals surface area contributed by atoms with Crippen LogP contribution in [0.2, 0.25) is 0 Å². The molecule has 1 aliphatic rings. The molecule has 1 atom stereocenters. The van der Waals surface area contributed by atoms with Crippen molar-refractivity contribution in [3.8, 4) is 11.1 Å². The Bertz CT molecular complexity index is 1520. The van der Waals surface area contributed by atoms with Crippen LogP contribution < -0.4 is 16.4 Å². The number of carbonyl (C=O) groups is 2. The second-order valence-corrected chi connectivity index (χ2v) is 9.76. The maximum Gasteiger partial charge on any atom is 0.408 e. The highest BCUT2D eigenvalue weighted by atomic mass is 16.6. The summed E-state index contributed by atoms with van der Waals surface area (Å²) in [5.41, 5.74) is 9.90. The zero-order valence-electron chi connectivity index (χ0n) is 20.8. The standard InChI is InChI=1S/C27H27N7O3/c1-15-18(32-26(36)37-27(2,3)4)13-34-22(15)20(21-23(28)30-14-31-24(21)34)16-8-10-17(11-9-16)25(35)33-19-7-5-6-12-29-19/h5-12,14,18H,1,13H2,2-4H3,(H,32,36)(H2,28,30,31)(H,29,33,35)/t18-/m1/s1. The van der Waals surface area contributed by atoms with E-state index in [2.05, 4.69) is 32.2 Å². The number of alkyl carbamates (subject to hydrolysis) is 1. The number of benzene rings is 1. The lowest BCUT2D eigenvalue weighted by Crippen LogP contribution is -2.39. The molecule has 4 aromatic rings. The van der Waals surface area contributed by atoms with Gasteiger partial charge in [0.25, 0.3) is 5.91 Å². The Kier molecular flexibility index (Phi) is 5.87. The van der Waals surface area contributed by atoms with Gasteiger partial charge in [-0.25, -0.2) is 19.7 Å². The highest BCUT2D eigenvalue weighted by Crippen LogP contribution is 2.43. The molecule has 4 N–H and O–H groups in total. The molecule has 0 unspecified atom stereocenters. The van der Waals surface area contributed by atoms with E-state index in [1.165, 1.54) is 6.33 Å². The van der Waals surface area contributed by atoms with Crippen molar-refractivity contribution in [3.63, 3.8) is 0 Å². The molecule has 37 heavy (non-hydrogen) atoms. The van der Waals surface area contributed by atoms with Gasteiger partial charge in [0.15, 0.2) is 0 Å². The number of nitrogens with two attached hydrogens (primary N) is 1. The van der Waals surface area contributed by atoms with Crippen molar-refractivity contribution >= 4 is 40.2 Å². The van der Waals surface area contributed by atoms with Crippen LogP contribution in [0.4, 0.5) is 16.4 Å². The topological polar surface area (TPSA) is 137 Å². The molecule has 4 heterocycles. The van der Waals surface area contributed by atoms with E-state index in [4.69, 9.17) is 10.5 Å². The van der Waals surface area contributed by atoms with Crippen molar-refractivity contribution in [2.75, 3.05) is 11.1 Å². The summed E-state index contributed by atoms with van der Waals surface area (Å²) in [6.07, 6.45) is 2.51. The van der Waals surface area contributed by atoms with Crippen LogP contribution in [-0.2, 0) is 11.3 Å². The summed E-state index contributed by atoms with van der Waals surface area (Å²) in [6, 6.07) is 12.1. The summed E-state index contributed by atoms with van der Waals surface area (Å²) in [5.74, 6) is 0.534. The first-order valence-corrected chi connectivity index (χ1v) is 11.8. The van der Waals surface area contributed by atoms with Crippen molar-refractivity contribution in [1.29, 1.82) is 0 Å². The second kappa shape index (κ2) is 9.05. The van der Waals surface area contributed by atoms with Gasteiger partial charge in [0.05, 0.1) is 17.1 Å². The van der Waals surface area contributed by atoms with Crippen molar-refractivity contribution in [2.45, 2.75) is 39.0 Å². The third-order valence-corrected chi connectivity index (χ3v) is 5.99. The number of hydrogen-bond donors (Lipinski definition) is 3. The zero-order valence-corrected chi connectivity index (χ0v) is 20.8. The molecule has 0 saturated carbocycles. The average molecular weight is 498 g/mol. The first kappa shape index (κ1) is 24.0. The third-order valence-electron chi connectivity index (χ3n) is 5.99. The van der Waals surface area contributed by atoms with E-state index in [1.807, 2.05) is 37.5 Å². The van der Waals surface area contributed by atoms with Gasteiger partial charge >= 0.3 is 6.09 Å².